The normalized spacial score (nSPS) is 20.2. The first-order chi connectivity index (χ1) is 9.48. The maximum Gasteiger partial charge on any atom is 0.239 e. The fourth-order valence-corrected chi connectivity index (χ4v) is 3.53. The standard InChI is InChI=1S/C16H24N2OS/c1-16(2)8-9-18(10-11-20-16)15(19)14(17)12-13-6-4-3-5-7-13/h3-7,14H,8-12,17H2,1-2H3/t14-/m1/s1. The van der Waals surface area contributed by atoms with Crippen molar-refractivity contribution < 1.29 is 4.79 Å². The number of thioether (sulfide) groups is 1. The summed E-state index contributed by atoms with van der Waals surface area (Å²) in [7, 11) is 0. The van der Waals surface area contributed by atoms with Gasteiger partial charge in [-0.1, -0.05) is 44.2 Å². The van der Waals surface area contributed by atoms with Crippen LogP contribution < -0.4 is 5.73 Å². The third-order valence-electron chi connectivity index (χ3n) is 3.77. The van der Waals surface area contributed by atoms with Crippen molar-refractivity contribution in [3.8, 4) is 0 Å². The van der Waals surface area contributed by atoms with Gasteiger partial charge in [0.2, 0.25) is 5.91 Å². The van der Waals surface area contributed by atoms with E-state index in [1.54, 1.807) is 0 Å². The molecule has 1 saturated heterocycles. The van der Waals surface area contributed by atoms with Crippen LogP contribution in [-0.2, 0) is 11.2 Å². The van der Waals surface area contributed by atoms with Gasteiger partial charge < -0.3 is 10.6 Å². The Balaban J connectivity index is 1.93. The Morgan fingerprint density at radius 2 is 2.05 bits per heavy atom. The van der Waals surface area contributed by atoms with E-state index in [2.05, 4.69) is 13.8 Å². The van der Waals surface area contributed by atoms with Crippen molar-refractivity contribution in [1.82, 2.24) is 4.90 Å². The monoisotopic (exact) mass is 292 g/mol. The summed E-state index contributed by atoms with van der Waals surface area (Å²) < 4.78 is 0.262. The lowest BCUT2D eigenvalue weighted by atomic mass is 10.0. The lowest BCUT2D eigenvalue weighted by Crippen LogP contribution is -2.46. The number of nitrogens with zero attached hydrogens (tertiary/aromatic N) is 1. The Labute approximate surface area is 125 Å². The summed E-state index contributed by atoms with van der Waals surface area (Å²) >= 11 is 1.94. The largest absolute Gasteiger partial charge is 0.340 e. The van der Waals surface area contributed by atoms with E-state index in [1.165, 1.54) is 0 Å². The van der Waals surface area contributed by atoms with Crippen LogP contribution in [0.1, 0.15) is 25.8 Å². The van der Waals surface area contributed by atoms with Crippen molar-refractivity contribution >= 4 is 17.7 Å². The first kappa shape index (κ1) is 15.4. The van der Waals surface area contributed by atoms with Gasteiger partial charge in [-0.2, -0.15) is 11.8 Å². The van der Waals surface area contributed by atoms with E-state index in [0.29, 0.717) is 6.42 Å². The molecular weight excluding hydrogens is 268 g/mol. The molecule has 1 aromatic rings. The number of carbonyl (C=O) groups excluding carboxylic acids is 1. The molecule has 0 spiro atoms. The molecule has 3 nitrogen and oxygen atoms in total. The summed E-state index contributed by atoms with van der Waals surface area (Å²) in [6.45, 7) is 6.13. The fourth-order valence-electron chi connectivity index (χ4n) is 2.43. The molecule has 0 saturated carbocycles. The quantitative estimate of drug-likeness (QED) is 0.930. The number of amides is 1. The average molecular weight is 292 g/mol. The van der Waals surface area contributed by atoms with Crippen LogP contribution in [0.4, 0.5) is 0 Å². The molecule has 110 valence electrons. The molecule has 0 radical (unpaired) electrons. The number of rotatable bonds is 3. The van der Waals surface area contributed by atoms with Crippen molar-refractivity contribution in [3.63, 3.8) is 0 Å². The zero-order valence-electron chi connectivity index (χ0n) is 12.3. The second-order valence-electron chi connectivity index (χ2n) is 5.98. The number of hydrogen-bond donors (Lipinski definition) is 1. The van der Waals surface area contributed by atoms with Gasteiger partial charge in [-0.15, -0.1) is 0 Å². The predicted molar refractivity (Wildman–Crippen MR) is 85.9 cm³/mol. The van der Waals surface area contributed by atoms with E-state index in [0.717, 1.165) is 30.8 Å². The minimum atomic E-state index is -0.427. The first-order valence-corrected chi connectivity index (χ1v) is 8.19. The van der Waals surface area contributed by atoms with Gasteiger partial charge in [0.1, 0.15) is 0 Å². The highest BCUT2D eigenvalue weighted by Gasteiger charge is 2.28. The number of benzene rings is 1. The summed E-state index contributed by atoms with van der Waals surface area (Å²) in [4.78, 5) is 14.4. The molecule has 20 heavy (non-hydrogen) atoms. The second-order valence-corrected chi connectivity index (χ2v) is 7.78. The van der Waals surface area contributed by atoms with Gasteiger partial charge >= 0.3 is 0 Å². The van der Waals surface area contributed by atoms with Crippen LogP contribution in [-0.4, -0.2) is 40.4 Å². The van der Waals surface area contributed by atoms with Gasteiger partial charge in [0.05, 0.1) is 6.04 Å². The Bertz CT molecular complexity index is 447. The van der Waals surface area contributed by atoms with E-state index >= 15 is 0 Å². The van der Waals surface area contributed by atoms with Crippen molar-refractivity contribution in [2.75, 3.05) is 18.8 Å². The smallest absolute Gasteiger partial charge is 0.239 e. The lowest BCUT2D eigenvalue weighted by molar-refractivity contribution is -0.132. The van der Waals surface area contributed by atoms with Crippen LogP contribution >= 0.6 is 11.8 Å². The molecule has 0 aromatic heterocycles. The molecule has 1 fully saturated rings. The molecule has 1 aliphatic rings. The molecule has 0 unspecified atom stereocenters. The van der Waals surface area contributed by atoms with Crippen LogP contribution in [0.15, 0.2) is 30.3 Å². The zero-order valence-corrected chi connectivity index (χ0v) is 13.2. The molecule has 2 N–H and O–H groups in total. The number of carbonyl (C=O) groups is 1. The molecule has 4 heteroatoms. The second kappa shape index (κ2) is 6.64. The molecule has 1 aliphatic heterocycles. The van der Waals surface area contributed by atoms with Crippen molar-refractivity contribution in [2.24, 2.45) is 5.73 Å². The molecule has 0 bridgehead atoms. The van der Waals surface area contributed by atoms with Crippen molar-refractivity contribution in [3.05, 3.63) is 35.9 Å². The Morgan fingerprint density at radius 1 is 1.35 bits per heavy atom. The van der Waals surface area contributed by atoms with Crippen LogP contribution in [0.2, 0.25) is 0 Å². The van der Waals surface area contributed by atoms with E-state index in [4.69, 9.17) is 5.73 Å². The van der Waals surface area contributed by atoms with E-state index in [1.807, 2.05) is 47.0 Å². The third kappa shape index (κ3) is 4.25. The van der Waals surface area contributed by atoms with Gasteiger partial charge in [0.25, 0.3) is 0 Å². The first-order valence-electron chi connectivity index (χ1n) is 7.20. The van der Waals surface area contributed by atoms with Gasteiger partial charge in [-0.25, -0.2) is 0 Å². The molecule has 1 aromatic carbocycles. The van der Waals surface area contributed by atoms with Gasteiger partial charge in [0, 0.05) is 23.6 Å². The third-order valence-corrected chi connectivity index (χ3v) is 5.14. The van der Waals surface area contributed by atoms with Gasteiger partial charge in [-0.05, 0) is 18.4 Å². The van der Waals surface area contributed by atoms with Crippen LogP contribution in [0.3, 0.4) is 0 Å². The van der Waals surface area contributed by atoms with E-state index < -0.39 is 6.04 Å². The average Bonchev–Trinajstić information content (AvgIpc) is 2.60. The topological polar surface area (TPSA) is 46.3 Å². The summed E-state index contributed by atoms with van der Waals surface area (Å²) in [5.74, 6) is 1.09. The molecule has 1 heterocycles. The SMILES string of the molecule is CC1(C)CCN(C(=O)[C@H](N)Cc2ccccc2)CCS1. The fraction of sp³-hybridized carbons (Fsp3) is 0.562. The zero-order chi connectivity index (χ0) is 14.6. The summed E-state index contributed by atoms with van der Waals surface area (Å²) in [5.41, 5.74) is 7.22. The molecule has 2 rings (SSSR count). The summed E-state index contributed by atoms with van der Waals surface area (Å²) in [6, 6.07) is 9.56. The number of hydrogen-bond acceptors (Lipinski definition) is 3. The van der Waals surface area contributed by atoms with Gasteiger partial charge in [0.15, 0.2) is 0 Å². The highest BCUT2D eigenvalue weighted by atomic mass is 32.2. The molecule has 1 amide bonds. The van der Waals surface area contributed by atoms with Crippen molar-refractivity contribution in [1.29, 1.82) is 0 Å². The summed E-state index contributed by atoms with van der Waals surface area (Å²) in [5, 5.41) is 0. The molecule has 1 atom stereocenters. The maximum atomic E-state index is 12.5. The van der Waals surface area contributed by atoms with Crippen LogP contribution in [0.25, 0.3) is 0 Å². The van der Waals surface area contributed by atoms with E-state index in [9.17, 15) is 4.79 Å². The lowest BCUT2D eigenvalue weighted by Gasteiger charge is -2.25. The van der Waals surface area contributed by atoms with Crippen LogP contribution in [0, 0.1) is 0 Å². The predicted octanol–water partition coefficient (Wildman–Crippen LogP) is 2.30. The minimum Gasteiger partial charge on any atom is -0.340 e. The molecule has 0 aliphatic carbocycles. The summed E-state index contributed by atoms with van der Waals surface area (Å²) in [6.07, 6.45) is 1.65. The Kier molecular flexibility index (Phi) is 5.11. The number of nitrogens with two attached hydrogens (primary N) is 1. The molecular formula is C16H24N2OS. The Morgan fingerprint density at radius 3 is 2.75 bits per heavy atom. The maximum absolute atomic E-state index is 12.5. The van der Waals surface area contributed by atoms with Crippen LogP contribution in [0.5, 0.6) is 0 Å². The highest BCUT2D eigenvalue weighted by molar-refractivity contribution is 8.00. The Hall–Kier alpha value is -1.00. The minimum absolute atomic E-state index is 0.0900. The highest BCUT2D eigenvalue weighted by Crippen LogP contribution is 2.30. The van der Waals surface area contributed by atoms with Gasteiger partial charge in [-0.3, -0.25) is 4.79 Å². The van der Waals surface area contributed by atoms with Crippen molar-refractivity contribution in [2.45, 2.75) is 37.5 Å². The van der Waals surface area contributed by atoms with E-state index in [-0.39, 0.29) is 10.7 Å².